The maximum atomic E-state index is 12.9. The van der Waals surface area contributed by atoms with Crippen LogP contribution in [0, 0.1) is 0 Å². The van der Waals surface area contributed by atoms with Crippen LogP contribution in [0.5, 0.6) is 0 Å². The third kappa shape index (κ3) is 4.24. The van der Waals surface area contributed by atoms with Crippen LogP contribution in [-0.2, 0) is 11.3 Å². The molecular weight excluding hydrogens is 370 g/mol. The van der Waals surface area contributed by atoms with Gasteiger partial charge in [0.25, 0.3) is 11.5 Å². The Hall–Kier alpha value is -3.74. The van der Waals surface area contributed by atoms with E-state index >= 15 is 0 Å². The third-order valence-electron chi connectivity index (χ3n) is 4.85. The molecular formula is C22H19N3O4. The lowest BCUT2D eigenvalue weighted by atomic mass is 10.0. The fourth-order valence-corrected chi connectivity index (χ4v) is 3.26. The number of carboxylic acids is 1. The van der Waals surface area contributed by atoms with Gasteiger partial charge in [0, 0.05) is 35.8 Å². The highest BCUT2D eigenvalue weighted by molar-refractivity contribution is 6.05. The Bertz CT molecular complexity index is 1130. The molecule has 0 spiro atoms. The lowest BCUT2D eigenvalue weighted by Crippen LogP contribution is -2.25. The topological polar surface area (TPSA) is 101 Å². The van der Waals surface area contributed by atoms with E-state index in [4.69, 9.17) is 5.11 Å². The highest BCUT2D eigenvalue weighted by Gasteiger charge is 2.28. The van der Waals surface area contributed by atoms with E-state index in [0.29, 0.717) is 11.3 Å². The highest BCUT2D eigenvalue weighted by atomic mass is 16.4. The van der Waals surface area contributed by atoms with Crippen molar-refractivity contribution in [2.75, 3.05) is 5.32 Å². The molecule has 146 valence electrons. The van der Waals surface area contributed by atoms with E-state index in [1.807, 2.05) is 18.2 Å². The monoisotopic (exact) mass is 389 g/mol. The van der Waals surface area contributed by atoms with Crippen molar-refractivity contribution in [3.63, 3.8) is 0 Å². The number of amides is 1. The van der Waals surface area contributed by atoms with Gasteiger partial charge in [-0.25, -0.2) is 0 Å². The minimum absolute atomic E-state index is 0.221. The molecule has 0 radical (unpaired) electrons. The first-order valence-corrected chi connectivity index (χ1v) is 9.29. The number of nitrogens with zero attached hydrogens (tertiary/aromatic N) is 2. The SMILES string of the molecule is O=C(O)Cn1cc(NC(=O)c2cccc(-c3cccnc3)c2)c(C2CC2)cc1=O. The van der Waals surface area contributed by atoms with Crippen LogP contribution >= 0.6 is 0 Å². The Balaban J connectivity index is 1.64. The van der Waals surface area contributed by atoms with Gasteiger partial charge in [0.1, 0.15) is 6.54 Å². The van der Waals surface area contributed by atoms with Crippen LogP contribution in [0.15, 0.2) is 65.8 Å². The minimum Gasteiger partial charge on any atom is -0.480 e. The number of carboxylic acid groups (broad SMARTS) is 1. The Kier molecular flexibility index (Phi) is 4.95. The molecule has 29 heavy (non-hydrogen) atoms. The summed E-state index contributed by atoms with van der Waals surface area (Å²) in [6, 6.07) is 12.4. The summed E-state index contributed by atoms with van der Waals surface area (Å²) in [6.45, 7) is -0.455. The molecule has 7 nitrogen and oxygen atoms in total. The first-order chi connectivity index (χ1) is 14.0. The normalized spacial score (nSPS) is 13.1. The molecule has 0 unspecified atom stereocenters. The van der Waals surface area contributed by atoms with E-state index in [1.165, 1.54) is 12.3 Å². The summed E-state index contributed by atoms with van der Waals surface area (Å²) in [6.07, 6.45) is 6.73. The van der Waals surface area contributed by atoms with Gasteiger partial charge in [0.15, 0.2) is 0 Å². The first-order valence-electron chi connectivity index (χ1n) is 9.29. The van der Waals surface area contributed by atoms with E-state index in [1.54, 1.807) is 30.6 Å². The van der Waals surface area contributed by atoms with Gasteiger partial charge >= 0.3 is 5.97 Å². The minimum atomic E-state index is -1.12. The summed E-state index contributed by atoms with van der Waals surface area (Å²) in [4.78, 5) is 40.2. The van der Waals surface area contributed by atoms with Gasteiger partial charge in [-0.3, -0.25) is 19.4 Å². The van der Waals surface area contributed by atoms with Crippen molar-refractivity contribution in [3.8, 4) is 11.1 Å². The summed E-state index contributed by atoms with van der Waals surface area (Å²) in [5, 5.41) is 11.9. The molecule has 7 heteroatoms. The molecule has 1 aliphatic rings. The maximum Gasteiger partial charge on any atom is 0.323 e. The second-order valence-corrected chi connectivity index (χ2v) is 7.05. The summed E-state index contributed by atoms with van der Waals surface area (Å²) in [7, 11) is 0. The number of aromatic nitrogens is 2. The van der Waals surface area contributed by atoms with Gasteiger partial charge < -0.3 is 15.0 Å². The Labute approximate surface area is 166 Å². The Morgan fingerprint density at radius 2 is 1.93 bits per heavy atom. The van der Waals surface area contributed by atoms with E-state index in [0.717, 1.165) is 34.1 Å². The largest absolute Gasteiger partial charge is 0.480 e. The predicted octanol–water partition coefficient (Wildman–Crippen LogP) is 3.12. The average Bonchev–Trinajstić information content (AvgIpc) is 3.56. The molecule has 0 saturated heterocycles. The van der Waals surface area contributed by atoms with Crippen molar-refractivity contribution < 1.29 is 14.7 Å². The van der Waals surface area contributed by atoms with Crippen molar-refractivity contribution in [2.45, 2.75) is 25.3 Å². The lowest BCUT2D eigenvalue weighted by Gasteiger charge is -2.13. The second-order valence-electron chi connectivity index (χ2n) is 7.05. The molecule has 0 atom stereocenters. The number of hydrogen-bond donors (Lipinski definition) is 2. The predicted molar refractivity (Wildman–Crippen MR) is 108 cm³/mol. The van der Waals surface area contributed by atoms with Gasteiger partial charge in [-0.2, -0.15) is 0 Å². The van der Waals surface area contributed by atoms with E-state index in [-0.39, 0.29) is 17.4 Å². The molecule has 2 N–H and O–H groups in total. The second kappa shape index (κ2) is 7.71. The third-order valence-corrected chi connectivity index (χ3v) is 4.85. The molecule has 1 fully saturated rings. The number of carbonyl (C=O) groups excluding carboxylic acids is 1. The molecule has 4 rings (SSSR count). The van der Waals surface area contributed by atoms with Crippen LogP contribution in [0.1, 0.15) is 34.7 Å². The molecule has 1 aliphatic carbocycles. The number of anilines is 1. The highest BCUT2D eigenvalue weighted by Crippen LogP contribution is 2.42. The van der Waals surface area contributed by atoms with Crippen molar-refractivity contribution in [2.24, 2.45) is 0 Å². The summed E-state index contributed by atoms with van der Waals surface area (Å²) in [5.74, 6) is -1.22. The van der Waals surface area contributed by atoms with Crippen LogP contribution in [0.4, 0.5) is 5.69 Å². The van der Waals surface area contributed by atoms with E-state index < -0.39 is 12.5 Å². The van der Waals surface area contributed by atoms with Crippen LogP contribution in [0.25, 0.3) is 11.1 Å². The Morgan fingerprint density at radius 3 is 2.62 bits per heavy atom. The molecule has 0 aliphatic heterocycles. The number of nitrogens with one attached hydrogen (secondary N) is 1. The van der Waals surface area contributed by atoms with Crippen LogP contribution in [-0.4, -0.2) is 26.5 Å². The number of aliphatic carboxylic acids is 1. The number of benzene rings is 1. The number of pyridine rings is 2. The average molecular weight is 389 g/mol. The van der Waals surface area contributed by atoms with Gasteiger partial charge in [0.05, 0.1) is 5.69 Å². The fraction of sp³-hybridized carbons (Fsp3) is 0.182. The van der Waals surface area contributed by atoms with Crippen molar-refractivity contribution >= 4 is 17.6 Å². The van der Waals surface area contributed by atoms with Crippen molar-refractivity contribution in [1.82, 2.24) is 9.55 Å². The first kappa shape index (κ1) is 18.6. The standard InChI is InChI=1S/C22H19N3O4/c26-20-10-18(14-6-7-14)19(12-25(20)13-21(27)28)24-22(29)16-4-1-3-15(9-16)17-5-2-8-23-11-17/h1-5,8-12,14H,6-7,13H2,(H,24,29)(H,27,28). The van der Waals surface area contributed by atoms with Crippen molar-refractivity contribution in [1.29, 1.82) is 0 Å². The summed E-state index contributed by atoms with van der Waals surface area (Å²) >= 11 is 0. The van der Waals surface area contributed by atoms with Crippen LogP contribution in [0.2, 0.25) is 0 Å². The summed E-state index contributed by atoms with van der Waals surface area (Å²) in [5.41, 5.74) is 3.08. The number of rotatable bonds is 6. The molecule has 1 saturated carbocycles. The number of carbonyl (C=O) groups is 2. The Morgan fingerprint density at radius 1 is 1.14 bits per heavy atom. The smallest absolute Gasteiger partial charge is 0.323 e. The van der Waals surface area contributed by atoms with E-state index in [2.05, 4.69) is 10.3 Å². The zero-order valence-corrected chi connectivity index (χ0v) is 15.5. The number of hydrogen-bond acceptors (Lipinski definition) is 4. The zero-order chi connectivity index (χ0) is 20.4. The summed E-state index contributed by atoms with van der Waals surface area (Å²) < 4.78 is 1.09. The quantitative estimate of drug-likeness (QED) is 0.674. The van der Waals surface area contributed by atoms with Gasteiger partial charge in [-0.05, 0) is 48.1 Å². The van der Waals surface area contributed by atoms with Crippen LogP contribution in [0.3, 0.4) is 0 Å². The molecule has 1 aromatic carbocycles. The van der Waals surface area contributed by atoms with Crippen LogP contribution < -0.4 is 10.9 Å². The molecule has 0 bridgehead atoms. The molecule has 2 heterocycles. The van der Waals surface area contributed by atoms with Crippen molar-refractivity contribution in [3.05, 3.63) is 82.5 Å². The zero-order valence-electron chi connectivity index (χ0n) is 15.5. The van der Waals surface area contributed by atoms with Gasteiger partial charge in [-0.15, -0.1) is 0 Å². The maximum absolute atomic E-state index is 12.9. The van der Waals surface area contributed by atoms with E-state index in [9.17, 15) is 14.4 Å². The molecule has 1 amide bonds. The lowest BCUT2D eigenvalue weighted by molar-refractivity contribution is -0.137. The van der Waals surface area contributed by atoms with Gasteiger partial charge in [0.2, 0.25) is 0 Å². The fourth-order valence-electron chi connectivity index (χ4n) is 3.26. The van der Waals surface area contributed by atoms with Gasteiger partial charge in [-0.1, -0.05) is 18.2 Å². The molecule has 2 aromatic heterocycles. The molecule has 3 aromatic rings.